The van der Waals surface area contributed by atoms with E-state index in [1.807, 2.05) is 13.0 Å². The van der Waals surface area contributed by atoms with Crippen molar-refractivity contribution >= 4 is 34.6 Å². The molecule has 0 saturated carbocycles. The lowest BCUT2D eigenvalue weighted by atomic mass is 10.2. The third-order valence-corrected chi connectivity index (χ3v) is 3.97. The molecule has 0 fully saturated rings. The van der Waals surface area contributed by atoms with Crippen molar-refractivity contribution in [2.24, 2.45) is 0 Å². The van der Waals surface area contributed by atoms with E-state index in [9.17, 15) is 9.18 Å². The number of nitrogens with one attached hydrogen (secondary N) is 2. The van der Waals surface area contributed by atoms with Gasteiger partial charge in [0.15, 0.2) is 0 Å². The van der Waals surface area contributed by atoms with Crippen molar-refractivity contribution in [2.75, 3.05) is 10.6 Å². The van der Waals surface area contributed by atoms with Gasteiger partial charge in [-0.05, 0) is 55.0 Å². The van der Waals surface area contributed by atoms with Gasteiger partial charge in [0.05, 0.1) is 17.4 Å². The average Bonchev–Trinajstić information content (AvgIpc) is 2.60. The Kier molecular flexibility index (Phi) is 4.95. The number of carbonyl (C=O) groups is 1. The molecule has 0 aliphatic rings. The molecule has 0 unspecified atom stereocenters. The Morgan fingerprint density at radius 1 is 1.00 bits per heavy atom. The molecule has 25 heavy (non-hydrogen) atoms. The summed E-state index contributed by atoms with van der Waals surface area (Å²) in [6.07, 6.45) is 3.06. The van der Waals surface area contributed by atoms with Gasteiger partial charge in [-0.25, -0.2) is 4.39 Å². The Balaban J connectivity index is 1.74. The fraction of sp³-hybridized carbons (Fsp3) is 0.0526. The molecule has 3 aromatic rings. The molecular formula is C19H15ClFN3O. The quantitative estimate of drug-likeness (QED) is 0.678. The van der Waals surface area contributed by atoms with Crippen molar-refractivity contribution in [1.29, 1.82) is 0 Å². The number of carbonyl (C=O) groups excluding carboxylic acids is 1. The van der Waals surface area contributed by atoms with Crippen LogP contribution in [0.5, 0.6) is 0 Å². The van der Waals surface area contributed by atoms with Gasteiger partial charge >= 0.3 is 0 Å². The molecule has 4 nitrogen and oxygen atoms in total. The van der Waals surface area contributed by atoms with E-state index < -0.39 is 0 Å². The molecule has 2 N–H and O–H groups in total. The molecule has 1 heterocycles. The van der Waals surface area contributed by atoms with E-state index in [1.54, 1.807) is 36.5 Å². The number of amides is 1. The number of anilines is 3. The van der Waals surface area contributed by atoms with Gasteiger partial charge in [-0.2, -0.15) is 0 Å². The molecule has 2 aromatic carbocycles. The van der Waals surface area contributed by atoms with Gasteiger partial charge in [-0.1, -0.05) is 17.7 Å². The van der Waals surface area contributed by atoms with Crippen molar-refractivity contribution in [1.82, 2.24) is 4.98 Å². The smallest absolute Gasteiger partial charge is 0.257 e. The van der Waals surface area contributed by atoms with E-state index in [2.05, 4.69) is 15.6 Å². The number of rotatable bonds is 4. The molecule has 0 saturated heterocycles. The number of halogens is 2. The first kappa shape index (κ1) is 16.9. The first-order chi connectivity index (χ1) is 12.0. The third kappa shape index (κ3) is 4.33. The van der Waals surface area contributed by atoms with Crippen LogP contribution in [0.3, 0.4) is 0 Å². The molecule has 0 atom stereocenters. The van der Waals surface area contributed by atoms with Crippen LogP contribution in [0.2, 0.25) is 5.02 Å². The molecular weight excluding hydrogens is 341 g/mol. The fourth-order valence-electron chi connectivity index (χ4n) is 2.21. The second-order valence-electron chi connectivity index (χ2n) is 5.51. The van der Waals surface area contributed by atoms with Gasteiger partial charge in [-0.3, -0.25) is 9.78 Å². The highest BCUT2D eigenvalue weighted by Gasteiger charge is 2.09. The fourth-order valence-corrected chi connectivity index (χ4v) is 2.39. The lowest BCUT2D eigenvalue weighted by Crippen LogP contribution is -2.12. The minimum absolute atomic E-state index is 0.296. The lowest BCUT2D eigenvalue weighted by Gasteiger charge is -2.09. The van der Waals surface area contributed by atoms with Crippen molar-refractivity contribution < 1.29 is 9.18 Å². The summed E-state index contributed by atoms with van der Waals surface area (Å²) in [5.41, 5.74) is 3.26. The third-order valence-electron chi connectivity index (χ3n) is 3.56. The highest BCUT2D eigenvalue weighted by atomic mass is 35.5. The van der Waals surface area contributed by atoms with Crippen molar-refractivity contribution in [2.45, 2.75) is 6.92 Å². The summed E-state index contributed by atoms with van der Waals surface area (Å²) < 4.78 is 13.0. The van der Waals surface area contributed by atoms with Crippen molar-refractivity contribution in [3.05, 3.63) is 82.9 Å². The molecule has 3 rings (SSSR count). The van der Waals surface area contributed by atoms with Crippen LogP contribution in [0.4, 0.5) is 21.5 Å². The largest absolute Gasteiger partial charge is 0.354 e. The van der Waals surface area contributed by atoms with E-state index in [4.69, 9.17) is 11.6 Å². The first-order valence-corrected chi connectivity index (χ1v) is 7.94. The van der Waals surface area contributed by atoms with Crippen molar-refractivity contribution in [3.8, 4) is 0 Å². The topological polar surface area (TPSA) is 54.0 Å². The maximum atomic E-state index is 13.0. The highest BCUT2D eigenvalue weighted by Crippen LogP contribution is 2.21. The number of pyridine rings is 1. The monoisotopic (exact) mass is 355 g/mol. The predicted octanol–water partition coefficient (Wildman–Crippen LogP) is 5.18. The molecule has 6 heteroatoms. The summed E-state index contributed by atoms with van der Waals surface area (Å²) >= 11 is 6.07. The molecule has 0 radical (unpaired) electrons. The normalized spacial score (nSPS) is 10.4. The van der Waals surface area contributed by atoms with Crippen molar-refractivity contribution in [3.63, 3.8) is 0 Å². The van der Waals surface area contributed by atoms with Gasteiger partial charge in [0.2, 0.25) is 0 Å². The Morgan fingerprint density at radius 3 is 2.44 bits per heavy atom. The van der Waals surface area contributed by atoms with Crippen LogP contribution in [0.1, 0.15) is 15.9 Å². The maximum absolute atomic E-state index is 13.0. The molecule has 1 aromatic heterocycles. The van der Waals surface area contributed by atoms with Gasteiger partial charge in [0, 0.05) is 22.6 Å². The van der Waals surface area contributed by atoms with Crippen LogP contribution in [0.25, 0.3) is 0 Å². The van der Waals surface area contributed by atoms with Crippen LogP contribution in [0, 0.1) is 12.7 Å². The van der Waals surface area contributed by atoms with Gasteiger partial charge in [0.1, 0.15) is 5.82 Å². The number of nitrogens with zero attached hydrogens (tertiary/aromatic N) is 1. The molecule has 1 amide bonds. The molecule has 0 bridgehead atoms. The van der Waals surface area contributed by atoms with Crippen LogP contribution in [-0.4, -0.2) is 10.9 Å². The van der Waals surface area contributed by atoms with E-state index >= 15 is 0 Å². The standard InChI is InChI=1S/C19H15ClFN3O/c1-12-2-5-16(9-18(12)20)24-19(25)13-8-17(11-22-10-13)23-15-6-3-14(21)4-7-15/h2-11,23H,1H3,(H,24,25). The summed E-state index contributed by atoms with van der Waals surface area (Å²) in [6, 6.07) is 12.9. The average molecular weight is 356 g/mol. The summed E-state index contributed by atoms with van der Waals surface area (Å²) in [7, 11) is 0. The number of hydrogen-bond donors (Lipinski definition) is 2. The zero-order valence-electron chi connectivity index (χ0n) is 13.4. The predicted molar refractivity (Wildman–Crippen MR) is 98.1 cm³/mol. The molecule has 126 valence electrons. The summed E-state index contributed by atoms with van der Waals surface area (Å²) in [4.78, 5) is 16.5. The van der Waals surface area contributed by atoms with E-state index in [0.717, 1.165) is 5.56 Å². The Bertz CT molecular complexity index is 913. The zero-order chi connectivity index (χ0) is 17.8. The van der Waals surface area contributed by atoms with Gasteiger partial charge < -0.3 is 10.6 Å². The number of hydrogen-bond acceptors (Lipinski definition) is 3. The van der Waals surface area contributed by atoms with Crippen LogP contribution in [-0.2, 0) is 0 Å². The Labute approximate surface area is 149 Å². The SMILES string of the molecule is Cc1ccc(NC(=O)c2cncc(Nc3ccc(F)cc3)c2)cc1Cl. The lowest BCUT2D eigenvalue weighted by molar-refractivity contribution is 0.102. The maximum Gasteiger partial charge on any atom is 0.257 e. The Morgan fingerprint density at radius 2 is 1.72 bits per heavy atom. The summed E-state index contributed by atoms with van der Waals surface area (Å²) in [5.74, 6) is -0.608. The highest BCUT2D eigenvalue weighted by molar-refractivity contribution is 6.31. The number of aromatic nitrogens is 1. The first-order valence-electron chi connectivity index (χ1n) is 7.56. The summed E-state index contributed by atoms with van der Waals surface area (Å²) in [6.45, 7) is 1.89. The van der Waals surface area contributed by atoms with Gasteiger partial charge in [-0.15, -0.1) is 0 Å². The van der Waals surface area contributed by atoms with Crippen LogP contribution >= 0.6 is 11.6 Å². The zero-order valence-corrected chi connectivity index (χ0v) is 14.1. The van der Waals surface area contributed by atoms with Crippen LogP contribution < -0.4 is 10.6 Å². The molecule has 0 spiro atoms. The van der Waals surface area contributed by atoms with E-state index in [0.29, 0.717) is 27.6 Å². The van der Waals surface area contributed by atoms with Crippen LogP contribution in [0.15, 0.2) is 60.9 Å². The van der Waals surface area contributed by atoms with Gasteiger partial charge in [0.25, 0.3) is 5.91 Å². The Hall–Kier alpha value is -2.92. The molecule has 0 aliphatic heterocycles. The van der Waals surface area contributed by atoms with E-state index in [1.165, 1.54) is 18.3 Å². The number of aryl methyl sites for hydroxylation is 1. The minimum Gasteiger partial charge on any atom is -0.354 e. The molecule has 0 aliphatic carbocycles. The minimum atomic E-state index is -0.312. The number of benzene rings is 2. The second kappa shape index (κ2) is 7.32. The second-order valence-corrected chi connectivity index (χ2v) is 5.92. The van der Waals surface area contributed by atoms with E-state index in [-0.39, 0.29) is 11.7 Å². The summed E-state index contributed by atoms with van der Waals surface area (Å²) in [5, 5.41) is 6.45.